The number of rotatable bonds is 0. The zero-order valence-electron chi connectivity index (χ0n) is 9.90. The first-order valence-electron chi connectivity index (χ1n) is 5.17. The van der Waals surface area contributed by atoms with Crippen LogP contribution in [-0.4, -0.2) is 15.1 Å². The van der Waals surface area contributed by atoms with Crippen LogP contribution in [0.4, 0.5) is 0 Å². The summed E-state index contributed by atoms with van der Waals surface area (Å²) in [6, 6.07) is 1.50. The number of nitrogens with zero attached hydrogens (tertiary/aromatic N) is 2. The standard InChI is InChI=1S/C7H6N2O2.2C2H6/c1-4-5-2-6(10)11-7(5)9-3-8-4;2*1-2/h2-3,10H,1H3;2*1-2H3. The monoisotopic (exact) mass is 210 g/mol. The fourth-order valence-electron chi connectivity index (χ4n) is 0.961. The van der Waals surface area contributed by atoms with E-state index in [9.17, 15) is 0 Å². The average molecular weight is 210 g/mol. The smallest absolute Gasteiger partial charge is 0.284 e. The molecule has 0 aliphatic rings. The van der Waals surface area contributed by atoms with Crippen LogP contribution in [0, 0.1) is 6.92 Å². The minimum Gasteiger partial charge on any atom is -0.481 e. The van der Waals surface area contributed by atoms with E-state index in [0.717, 1.165) is 11.1 Å². The largest absolute Gasteiger partial charge is 0.481 e. The van der Waals surface area contributed by atoms with E-state index in [-0.39, 0.29) is 5.95 Å². The lowest BCUT2D eigenvalue weighted by molar-refractivity contribution is 0.344. The van der Waals surface area contributed by atoms with E-state index in [1.54, 1.807) is 0 Å². The molecule has 0 atom stereocenters. The predicted octanol–water partition coefficient (Wildman–Crippen LogP) is 3.29. The van der Waals surface area contributed by atoms with Crippen molar-refractivity contribution in [2.75, 3.05) is 0 Å². The van der Waals surface area contributed by atoms with Gasteiger partial charge in [-0.1, -0.05) is 27.7 Å². The Morgan fingerprint density at radius 3 is 2.27 bits per heavy atom. The van der Waals surface area contributed by atoms with E-state index < -0.39 is 0 Å². The van der Waals surface area contributed by atoms with E-state index in [4.69, 9.17) is 9.52 Å². The first-order chi connectivity index (χ1) is 7.27. The van der Waals surface area contributed by atoms with Crippen LogP contribution in [-0.2, 0) is 0 Å². The third-order valence-corrected chi connectivity index (χ3v) is 1.52. The molecule has 0 fully saturated rings. The minimum absolute atomic E-state index is 0.122. The van der Waals surface area contributed by atoms with Crippen LogP contribution in [0.25, 0.3) is 11.1 Å². The molecule has 0 amide bonds. The summed E-state index contributed by atoms with van der Waals surface area (Å²) in [5, 5.41) is 9.70. The predicted molar refractivity (Wildman–Crippen MR) is 60.9 cm³/mol. The van der Waals surface area contributed by atoms with E-state index in [1.165, 1.54) is 12.4 Å². The minimum atomic E-state index is -0.122. The fraction of sp³-hybridized carbons (Fsp3) is 0.455. The third kappa shape index (κ3) is 3.23. The van der Waals surface area contributed by atoms with Crippen LogP contribution >= 0.6 is 0 Å². The van der Waals surface area contributed by atoms with Crippen LogP contribution in [0.15, 0.2) is 16.8 Å². The maximum atomic E-state index is 8.95. The zero-order chi connectivity index (χ0) is 11.8. The van der Waals surface area contributed by atoms with E-state index in [2.05, 4.69) is 9.97 Å². The van der Waals surface area contributed by atoms with Gasteiger partial charge in [0.15, 0.2) is 0 Å². The summed E-state index contributed by atoms with van der Waals surface area (Å²) in [6.45, 7) is 9.83. The molecule has 4 heteroatoms. The Bertz CT molecular complexity index is 396. The molecular weight excluding hydrogens is 192 g/mol. The Kier molecular flexibility index (Phi) is 6.09. The van der Waals surface area contributed by atoms with Gasteiger partial charge in [0.25, 0.3) is 5.95 Å². The van der Waals surface area contributed by atoms with Crippen molar-refractivity contribution >= 4 is 11.1 Å². The maximum absolute atomic E-state index is 8.95. The average Bonchev–Trinajstić information content (AvgIpc) is 2.66. The molecule has 0 saturated heterocycles. The van der Waals surface area contributed by atoms with E-state index in [1.807, 2.05) is 34.6 Å². The number of hydrogen-bond acceptors (Lipinski definition) is 4. The number of fused-ring (bicyclic) bond motifs is 1. The van der Waals surface area contributed by atoms with Crippen LogP contribution in [0.2, 0.25) is 0 Å². The molecule has 0 bridgehead atoms. The second-order valence-electron chi connectivity index (χ2n) is 2.26. The summed E-state index contributed by atoms with van der Waals surface area (Å²) in [6.07, 6.45) is 1.40. The van der Waals surface area contributed by atoms with Crippen molar-refractivity contribution < 1.29 is 9.52 Å². The highest BCUT2D eigenvalue weighted by Crippen LogP contribution is 2.22. The normalized spacial score (nSPS) is 8.60. The van der Waals surface area contributed by atoms with Crippen molar-refractivity contribution in [3.63, 3.8) is 0 Å². The Morgan fingerprint density at radius 1 is 1.13 bits per heavy atom. The second kappa shape index (κ2) is 6.81. The number of aromatic hydroxyl groups is 1. The molecule has 2 rings (SSSR count). The number of furan rings is 1. The van der Waals surface area contributed by atoms with Gasteiger partial charge in [-0.3, -0.25) is 0 Å². The summed E-state index contributed by atoms with van der Waals surface area (Å²) in [7, 11) is 0. The molecule has 2 aromatic heterocycles. The van der Waals surface area contributed by atoms with Gasteiger partial charge in [0, 0.05) is 6.07 Å². The summed E-state index contributed by atoms with van der Waals surface area (Å²) < 4.78 is 4.85. The van der Waals surface area contributed by atoms with Gasteiger partial charge in [0.1, 0.15) is 6.33 Å². The first-order valence-corrected chi connectivity index (χ1v) is 5.17. The Morgan fingerprint density at radius 2 is 1.73 bits per heavy atom. The number of hydrogen-bond donors (Lipinski definition) is 1. The quantitative estimate of drug-likeness (QED) is 0.724. The molecule has 0 unspecified atom stereocenters. The highest BCUT2D eigenvalue weighted by Gasteiger charge is 2.04. The summed E-state index contributed by atoms with van der Waals surface area (Å²) in [5.74, 6) is -0.122. The number of aryl methyl sites for hydroxylation is 1. The Labute approximate surface area is 90.0 Å². The molecule has 0 radical (unpaired) electrons. The molecule has 4 nitrogen and oxygen atoms in total. The van der Waals surface area contributed by atoms with Gasteiger partial charge in [-0.15, -0.1) is 0 Å². The van der Waals surface area contributed by atoms with Crippen LogP contribution in [0.3, 0.4) is 0 Å². The third-order valence-electron chi connectivity index (χ3n) is 1.52. The summed E-state index contributed by atoms with van der Waals surface area (Å²) in [4.78, 5) is 7.76. The zero-order valence-corrected chi connectivity index (χ0v) is 9.90. The SMILES string of the molecule is CC.CC.Cc1ncnc2oc(O)cc12. The molecular formula is C11H18N2O2. The van der Waals surface area contributed by atoms with Crippen molar-refractivity contribution in [3.8, 4) is 5.95 Å². The molecule has 0 aromatic carbocycles. The molecule has 0 saturated carbocycles. The summed E-state index contributed by atoms with van der Waals surface area (Å²) in [5.41, 5.74) is 1.23. The van der Waals surface area contributed by atoms with Crippen molar-refractivity contribution in [1.29, 1.82) is 0 Å². The maximum Gasteiger partial charge on any atom is 0.284 e. The molecule has 0 spiro atoms. The molecule has 84 valence electrons. The molecule has 2 aromatic rings. The lowest BCUT2D eigenvalue weighted by Gasteiger charge is -1.88. The fourth-order valence-corrected chi connectivity index (χ4v) is 0.961. The van der Waals surface area contributed by atoms with Gasteiger partial charge in [-0.25, -0.2) is 9.97 Å². The Balaban J connectivity index is 0.000000442. The highest BCUT2D eigenvalue weighted by atomic mass is 16.5. The molecule has 2 heterocycles. The second-order valence-corrected chi connectivity index (χ2v) is 2.26. The lowest BCUT2D eigenvalue weighted by Crippen LogP contribution is -1.81. The molecule has 0 aliphatic heterocycles. The van der Waals surface area contributed by atoms with Crippen molar-refractivity contribution in [2.45, 2.75) is 34.6 Å². The van der Waals surface area contributed by atoms with Gasteiger partial charge >= 0.3 is 0 Å². The highest BCUT2D eigenvalue weighted by molar-refractivity contribution is 5.76. The van der Waals surface area contributed by atoms with E-state index in [0.29, 0.717) is 5.71 Å². The molecule has 1 N–H and O–H groups in total. The topological polar surface area (TPSA) is 59.2 Å². The van der Waals surface area contributed by atoms with Gasteiger partial charge in [-0.05, 0) is 6.92 Å². The van der Waals surface area contributed by atoms with Crippen LogP contribution < -0.4 is 0 Å². The van der Waals surface area contributed by atoms with Crippen LogP contribution in [0.1, 0.15) is 33.4 Å². The Hall–Kier alpha value is -1.58. The molecule has 15 heavy (non-hydrogen) atoms. The number of aromatic nitrogens is 2. The first kappa shape index (κ1) is 13.4. The van der Waals surface area contributed by atoms with Crippen LogP contribution in [0.5, 0.6) is 5.95 Å². The van der Waals surface area contributed by atoms with Gasteiger partial charge < -0.3 is 9.52 Å². The van der Waals surface area contributed by atoms with E-state index >= 15 is 0 Å². The van der Waals surface area contributed by atoms with Gasteiger partial charge in [0.05, 0.1) is 11.1 Å². The van der Waals surface area contributed by atoms with Crippen molar-refractivity contribution in [2.24, 2.45) is 0 Å². The van der Waals surface area contributed by atoms with Crippen molar-refractivity contribution in [1.82, 2.24) is 9.97 Å². The van der Waals surface area contributed by atoms with Crippen molar-refractivity contribution in [3.05, 3.63) is 18.1 Å². The van der Waals surface area contributed by atoms with Gasteiger partial charge in [0.2, 0.25) is 5.71 Å². The van der Waals surface area contributed by atoms with Gasteiger partial charge in [-0.2, -0.15) is 0 Å². The molecule has 0 aliphatic carbocycles. The summed E-state index contributed by atoms with van der Waals surface area (Å²) >= 11 is 0. The lowest BCUT2D eigenvalue weighted by atomic mass is 10.3.